The number of benzene rings is 3. The Morgan fingerprint density at radius 3 is 2.27 bits per heavy atom. The Bertz CT molecular complexity index is 1160. The molecule has 4 rings (SSSR count). The summed E-state index contributed by atoms with van der Waals surface area (Å²) in [6.07, 6.45) is 0. The van der Waals surface area contributed by atoms with Gasteiger partial charge < -0.3 is 4.74 Å². The number of aryl methyl sites for hydroxylation is 1. The van der Waals surface area contributed by atoms with Crippen molar-refractivity contribution in [3.63, 3.8) is 0 Å². The molecule has 1 aromatic heterocycles. The molecule has 0 atom stereocenters. The second kappa shape index (κ2) is 8.67. The maximum atomic E-state index is 14.1. The highest BCUT2D eigenvalue weighted by Crippen LogP contribution is 2.32. The summed E-state index contributed by atoms with van der Waals surface area (Å²) < 4.78 is 35.3. The summed E-state index contributed by atoms with van der Waals surface area (Å²) in [4.78, 5) is 0. The van der Waals surface area contributed by atoms with Crippen LogP contribution in [0.5, 0.6) is 5.75 Å². The van der Waals surface area contributed by atoms with E-state index < -0.39 is 11.6 Å². The predicted molar refractivity (Wildman–Crippen MR) is 114 cm³/mol. The third-order valence-corrected chi connectivity index (χ3v) is 5.70. The Morgan fingerprint density at radius 1 is 0.900 bits per heavy atom. The molecule has 7 heteroatoms. The second-order valence-electron chi connectivity index (χ2n) is 6.65. The van der Waals surface area contributed by atoms with Crippen LogP contribution < -0.4 is 4.74 Å². The normalized spacial score (nSPS) is 10.9. The lowest BCUT2D eigenvalue weighted by Gasteiger charge is -2.13. The molecule has 0 amide bonds. The Balaban J connectivity index is 1.77. The van der Waals surface area contributed by atoms with Crippen LogP contribution in [0.4, 0.5) is 8.78 Å². The lowest BCUT2D eigenvalue weighted by atomic mass is 10.1. The van der Waals surface area contributed by atoms with Crippen LogP contribution in [0, 0.1) is 18.6 Å². The molecule has 4 aromatic rings. The minimum atomic E-state index is -0.570. The van der Waals surface area contributed by atoms with E-state index in [-0.39, 0.29) is 11.3 Å². The van der Waals surface area contributed by atoms with E-state index in [2.05, 4.69) is 10.2 Å². The SMILES string of the molecule is COc1ccc(-c2nnc(SCc3c(F)cccc3F)n2-c2ccccc2C)cc1. The van der Waals surface area contributed by atoms with Crippen LogP contribution in [0.2, 0.25) is 0 Å². The van der Waals surface area contributed by atoms with Gasteiger partial charge in [0.1, 0.15) is 17.4 Å². The molecule has 0 aliphatic heterocycles. The quantitative estimate of drug-likeness (QED) is 0.366. The molecular weight excluding hydrogens is 404 g/mol. The van der Waals surface area contributed by atoms with Crippen molar-refractivity contribution in [3.8, 4) is 22.8 Å². The molecule has 0 N–H and O–H groups in total. The molecule has 0 aliphatic rings. The molecule has 0 saturated carbocycles. The summed E-state index contributed by atoms with van der Waals surface area (Å²) in [5, 5.41) is 9.26. The summed E-state index contributed by atoms with van der Waals surface area (Å²) in [6, 6.07) is 19.3. The largest absolute Gasteiger partial charge is 0.497 e. The molecule has 0 spiro atoms. The van der Waals surface area contributed by atoms with E-state index in [1.54, 1.807) is 7.11 Å². The number of hydrogen-bond acceptors (Lipinski definition) is 4. The molecule has 0 aliphatic carbocycles. The van der Waals surface area contributed by atoms with Gasteiger partial charge in [0.05, 0.1) is 12.8 Å². The van der Waals surface area contributed by atoms with Gasteiger partial charge in [-0.25, -0.2) is 8.78 Å². The summed E-state index contributed by atoms with van der Waals surface area (Å²) >= 11 is 1.24. The molecule has 0 bridgehead atoms. The fourth-order valence-electron chi connectivity index (χ4n) is 3.13. The molecule has 3 aromatic carbocycles. The molecule has 152 valence electrons. The standard InChI is InChI=1S/C23H19F2N3OS/c1-15-6-3-4-9-21(15)28-22(16-10-12-17(29-2)13-11-16)26-27-23(28)30-14-18-19(24)7-5-8-20(18)25/h3-13H,14H2,1-2H3. The van der Waals surface area contributed by atoms with E-state index in [0.717, 1.165) is 22.6 Å². The maximum absolute atomic E-state index is 14.1. The zero-order valence-electron chi connectivity index (χ0n) is 16.5. The average Bonchev–Trinajstić information content (AvgIpc) is 3.17. The molecule has 0 saturated heterocycles. The lowest BCUT2D eigenvalue weighted by molar-refractivity contribution is 0.415. The number of nitrogens with zero attached hydrogens (tertiary/aromatic N) is 3. The zero-order valence-corrected chi connectivity index (χ0v) is 17.3. The van der Waals surface area contributed by atoms with Crippen molar-refractivity contribution in [1.82, 2.24) is 14.8 Å². The highest BCUT2D eigenvalue weighted by Gasteiger charge is 2.19. The van der Waals surface area contributed by atoms with Gasteiger partial charge in [-0.3, -0.25) is 4.57 Å². The molecular formula is C23H19F2N3OS. The third-order valence-electron chi connectivity index (χ3n) is 4.75. The van der Waals surface area contributed by atoms with E-state index in [9.17, 15) is 8.78 Å². The first-order chi connectivity index (χ1) is 14.6. The maximum Gasteiger partial charge on any atom is 0.196 e. The van der Waals surface area contributed by atoms with Crippen molar-refractivity contribution < 1.29 is 13.5 Å². The minimum absolute atomic E-state index is 0.0211. The molecule has 30 heavy (non-hydrogen) atoms. The summed E-state index contributed by atoms with van der Waals surface area (Å²) in [5.41, 5.74) is 2.82. The molecule has 1 heterocycles. The van der Waals surface area contributed by atoms with Gasteiger partial charge in [0, 0.05) is 16.9 Å². The monoisotopic (exact) mass is 423 g/mol. The highest BCUT2D eigenvalue weighted by atomic mass is 32.2. The number of aromatic nitrogens is 3. The average molecular weight is 423 g/mol. The summed E-state index contributed by atoms with van der Waals surface area (Å²) in [5.74, 6) is 0.346. The van der Waals surface area contributed by atoms with Crippen LogP contribution in [0.1, 0.15) is 11.1 Å². The first kappa shape index (κ1) is 20.1. The Morgan fingerprint density at radius 2 is 1.60 bits per heavy atom. The van der Waals surface area contributed by atoms with Crippen molar-refractivity contribution in [2.24, 2.45) is 0 Å². The highest BCUT2D eigenvalue weighted by molar-refractivity contribution is 7.98. The van der Waals surface area contributed by atoms with Crippen molar-refractivity contribution in [3.05, 3.63) is 89.5 Å². The topological polar surface area (TPSA) is 39.9 Å². The van der Waals surface area contributed by atoms with Crippen LogP contribution in [0.15, 0.2) is 71.9 Å². The Hall–Kier alpha value is -3.19. The van der Waals surface area contributed by atoms with Crippen LogP contribution in [0.3, 0.4) is 0 Å². The van der Waals surface area contributed by atoms with E-state index >= 15 is 0 Å². The van der Waals surface area contributed by atoms with Gasteiger partial charge in [-0.15, -0.1) is 10.2 Å². The molecule has 0 fully saturated rings. The van der Waals surface area contributed by atoms with Gasteiger partial charge >= 0.3 is 0 Å². The zero-order chi connectivity index (χ0) is 21.1. The number of thioether (sulfide) groups is 1. The van der Waals surface area contributed by atoms with Gasteiger partial charge in [0.15, 0.2) is 11.0 Å². The molecule has 0 radical (unpaired) electrons. The van der Waals surface area contributed by atoms with Crippen molar-refractivity contribution >= 4 is 11.8 Å². The van der Waals surface area contributed by atoms with Gasteiger partial charge in [-0.2, -0.15) is 0 Å². The number of para-hydroxylation sites is 1. The minimum Gasteiger partial charge on any atom is -0.497 e. The second-order valence-corrected chi connectivity index (χ2v) is 7.59. The van der Waals surface area contributed by atoms with Crippen LogP contribution in [-0.2, 0) is 5.75 Å². The van der Waals surface area contributed by atoms with E-state index in [1.807, 2.05) is 60.0 Å². The molecule has 0 unspecified atom stereocenters. The summed E-state index contributed by atoms with van der Waals surface area (Å²) in [6.45, 7) is 2.00. The number of methoxy groups -OCH3 is 1. The predicted octanol–water partition coefficient (Wildman–Crippen LogP) is 5.82. The fourth-order valence-corrected chi connectivity index (χ4v) is 4.09. The van der Waals surface area contributed by atoms with Crippen molar-refractivity contribution in [1.29, 1.82) is 0 Å². The smallest absolute Gasteiger partial charge is 0.196 e. The van der Waals surface area contributed by atoms with Gasteiger partial charge in [-0.05, 0) is 55.0 Å². The first-order valence-corrected chi connectivity index (χ1v) is 10.3. The number of halogens is 2. The van der Waals surface area contributed by atoms with Gasteiger partial charge in [-0.1, -0.05) is 36.0 Å². The number of ether oxygens (including phenoxy) is 1. The third kappa shape index (κ3) is 3.93. The van der Waals surface area contributed by atoms with Crippen LogP contribution in [-0.4, -0.2) is 21.9 Å². The van der Waals surface area contributed by atoms with Gasteiger partial charge in [0.25, 0.3) is 0 Å². The Labute approximate surface area is 177 Å². The van der Waals surface area contributed by atoms with Crippen LogP contribution >= 0.6 is 11.8 Å². The Kier molecular flexibility index (Phi) is 5.81. The fraction of sp³-hybridized carbons (Fsp3) is 0.130. The van der Waals surface area contributed by atoms with E-state index in [0.29, 0.717) is 11.0 Å². The van der Waals surface area contributed by atoms with Gasteiger partial charge in [0.2, 0.25) is 0 Å². The summed E-state index contributed by atoms with van der Waals surface area (Å²) in [7, 11) is 1.61. The molecule has 4 nitrogen and oxygen atoms in total. The van der Waals surface area contributed by atoms with E-state index in [1.165, 1.54) is 30.0 Å². The van der Waals surface area contributed by atoms with Crippen LogP contribution in [0.25, 0.3) is 17.1 Å². The van der Waals surface area contributed by atoms with Crippen molar-refractivity contribution in [2.45, 2.75) is 17.8 Å². The van der Waals surface area contributed by atoms with E-state index in [4.69, 9.17) is 4.74 Å². The van der Waals surface area contributed by atoms with Crippen molar-refractivity contribution in [2.75, 3.05) is 7.11 Å². The number of hydrogen-bond donors (Lipinski definition) is 0. The lowest BCUT2D eigenvalue weighted by Crippen LogP contribution is -2.02. The first-order valence-electron chi connectivity index (χ1n) is 9.30. The number of rotatable bonds is 6.